The summed E-state index contributed by atoms with van der Waals surface area (Å²) >= 11 is 0. The molecule has 1 aromatic rings. The van der Waals surface area contributed by atoms with Gasteiger partial charge in [-0.1, -0.05) is 0 Å². The zero-order chi connectivity index (χ0) is 8.93. The first-order chi connectivity index (χ1) is 6.45. The molecule has 1 saturated heterocycles. The minimum atomic E-state index is 0.892. The third-order valence-corrected chi connectivity index (χ3v) is 2.63. The Labute approximate surface area is 78.4 Å². The molecule has 2 rings (SSSR count). The molecule has 4 nitrogen and oxygen atoms in total. The molecule has 0 radical (unpaired) electrons. The van der Waals surface area contributed by atoms with Crippen LogP contribution in [0, 0.1) is 5.92 Å². The monoisotopic (exact) mass is 180 g/mol. The molecule has 0 bridgehead atoms. The highest BCUT2D eigenvalue weighted by molar-refractivity contribution is 4.70. The Hall–Kier alpha value is -0.900. The van der Waals surface area contributed by atoms with Gasteiger partial charge >= 0.3 is 0 Å². The Morgan fingerprint density at radius 1 is 1.54 bits per heavy atom. The average Bonchev–Trinajstić information content (AvgIpc) is 2.75. The molecule has 1 N–H and O–H groups in total. The molecule has 0 saturated carbocycles. The predicted molar refractivity (Wildman–Crippen MR) is 50.2 cm³/mol. The van der Waals surface area contributed by atoms with Crippen LogP contribution in [0.15, 0.2) is 12.7 Å². The van der Waals surface area contributed by atoms with E-state index in [0.717, 1.165) is 12.5 Å². The lowest BCUT2D eigenvalue weighted by Gasteiger charge is -2.06. The minimum absolute atomic E-state index is 0.892. The molecule has 4 heteroatoms. The Morgan fingerprint density at radius 2 is 2.54 bits per heavy atom. The molecule has 1 aliphatic heterocycles. The third-order valence-electron chi connectivity index (χ3n) is 2.63. The molecule has 1 aliphatic rings. The summed E-state index contributed by atoms with van der Waals surface area (Å²) in [5.41, 5.74) is 0. The van der Waals surface area contributed by atoms with Gasteiger partial charge in [0.1, 0.15) is 12.7 Å². The van der Waals surface area contributed by atoms with Crippen LogP contribution in [-0.4, -0.2) is 27.9 Å². The molecule has 1 aromatic heterocycles. The van der Waals surface area contributed by atoms with Crippen molar-refractivity contribution in [1.29, 1.82) is 0 Å². The molecule has 0 spiro atoms. The van der Waals surface area contributed by atoms with Crippen molar-refractivity contribution in [1.82, 2.24) is 20.1 Å². The van der Waals surface area contributed by atoms with Crippen molar-refractivity contribution < 1.29 is 0 Å². The first-order valence-electron chi connectivity index (χ1n) is 4.98. The van der Waals surface area contributed by atoms with E-state index in [-0.39, 0.29) is 0 Å². The second-order valence-electron chi connectivity index (χ2n) is 3.66. The number of rotatable bonds is 4. The summed E-state index contributed by atoms with van der Waals surface area (Å²) in [6.07, 6.45) is 7.25. The predicted octanol–water partition coefficient (Wildman–Crippen LogP) is 0.668. The third kappa shape index (κ3) is 2.52. The average molecular weight is 180 g/mol. The summed E-state index contributed by atoms with van der Waals surface area (Å²) in [6, 6.07) is 0. The highest BCUT2D eigenvalue weighted by Gasteiger charge is 2.13. The van der Waals surface area contributed by atoms with Crippen LogP contribution in [0.5, 0.6) is 0 Å². The molecule has 1 atom stereocenters. The van der Waals surface area contributed by atoms with Crippen LogP contribution in [0.4, 0.5) is 0 Å². The molecule has 72 valence electrons. The molecule has 2 heterocycles. The lowest BCUT2D eigenvalue weighted by atomic mass is 10.0. The fourth-order valence-electron chi connectivity index (χ4n) is 1.85. The molecule has 0 aliphatic carbocycles. The fourth-order valence-corrected chi connectivity index (χ4v) is 1.85. The molecule has 0 amide bonds. The van der Waals surface area contributed by atoms with E-state index < -0.39 is 0 Å². The van der Waals surface area contributed by atoms with Gasteiger partial charge in [-0.3, -0.25) is 4.68 Å². The van der Waals surface area contributed by atoms with Crippen LogP contribution in [-0.2, 0) is 6.54 Å². The number of aryl methyl sites for hydroxylation is 1. The normalized spacial score (nSPS) is 22.3. The van der Waals surface area contributed by atoms with Crippen molar-refractivity contribution in [2.45, 2.75) is 25.8 Å². The van der Waals surface area contributed by atoms with Gasteiger partial charge in [0.15, 0.2) is 0 Å². The number of nitrogens with one attached hydrogen (secondary N) is 1. The Balaban J connectivity index is 1.63. The highest BCUT2D eigenvalue weighted by Crippen LogP contribution is 2.14. The standard InChI is InChI=1S/C9H16N4/c1(2-9-3-4-10-6-9)5-13-8-11-7-12-13/h7-10H,1-6H2. The summed E-state index contributed by atoms with van der Waals surface area (Å²) < 4.78 is 1.91. The molecular weight excluding hydrogens is 164 g/mol. The first-order valence-corrected chi connectivity index (χ1v) is 4.98. The summed E-state index contributed by atoms with van der Waals surface area (Å²) in [7, 11) is 0. The van der Waals surface area contributed by atoms with Gasteiger partial charge in [-0.15, -0.1) is 0 Å². The van der Waals surface area contributed by atoms with Gasteiger partial charge in [0.2, 0.25) is 0 Å². The molecule has 13 heavy (non-hydrogen) atoms. The zero-order valence-electron chi connectivity index (χ0n) is 7.82. The lowest BCUT2D eigenvalue weighted by molar-refractivity contribution is 0.463. The van der Waals surface area contributed by atoms with E-state index in [1.807, 2.05) is 4.68 Å². The lowest BCUT2D eigenvalue weighted by Crippen LogP contribution is -2.09. The van der Waals surface area contributed by atoms with E-state index in [1.54, 1.807) is 12.7 Å². The van der Waals surface area contributed by atoms with E-state index in [0.29, 0.717) is 0 Å². The second-order valence-corrected chi connectivity index (χ2v) is 3.66. The molecular formula is C9H16N4. The summed E-state index contributed by atoms with van der Waals surface area (Å²) in [5, 5.41) is 7.45. The van der Waals surface area contributed by atoms with Crippen LogP contribution >= 0.6 is 0 Å². The maximum Gasteiger partial charge on any atom is 0.137 e. The van der Waals surface area contributed by atoms with E-state index in [4.69, 9.17) is 0 Å². The van der Waals surface area contributed by atoms with Gasteiger partial charge in [0.05, 0.1) is 0 Å². The molecule has 0 aromatic carbocycles. The van der Waals surface area contributed by atoms with E-state index >= 15 is 0 Å². The summed E-state index contributed by atoms with van der Waals surface area (Å²) in [6.45, 7) is 3.42. The Kier molecular flexibility index (Phi) is 2.92. The van der Waals surface area contributed by atoms with Crippen molar-refractivity contribution in [3.8, 4) is 0 Å². The van der Waals surface area contributed by atoms with E-state index in [2.05, 4.69) is 15.4 Å². The van der Waals surface area contributed by atoms with Crippen molar-refractivity contribution in [2.75, 3.05) is 13.1 Å². The smallest absolute Gasteiger partial charge is 0.137 e. The minimum Gasteiger partial charge on any atom is -0.316 e. The van der Waals surface area contributed by atoms with Gasteiger partial charge in [0, 0.05) is 6.54 Å². The van der Waals surface area contributed by atoms with Gasteiger partial charge in [-0.05, 0) is 38.3 Å². The van der Waals surface area contributed by atoms with Crippen molar-refractivity contribution in [3.63, 3.8) is 0 Å². The number of aromatic nitrogens is 3. The maximum atomic E-state index is 4.07. The van der Waals surface area contributed by atoms with E-state index in [9.17, 15) is 0 Å². The summed E-state index contributed by atoms with van der Waals surface area (Å²) in [5.74, 6) is 0.892. The highest BCUT2D eigenvalue weighted by atomic mass is 15.3. The number of nitrogens with zero attached hydrogens (tertiary/aromatic N) is 3. The Bertz CT molecular complexity index is 226. The van der Waals surface area contributed by atoms with Crippen molar-refractivity contribution in [2.24, 2.45) is 5.92 Å². The van der Waals surface area contributed by atoms with Crippen LogP contribution in [0.25, 0.3) is 0 Å². The SMILES string of the molecule is c1ncn(CCCC2CCNC2)n1. The van der Waals surface area contributed by atoms with E-state index in [1.165, 1.54) is 32.4 Å². The van der Waals surface area contributed by atoms with Gasteiger partial charge in [-0.25, -0.2) is 4.98 Å². The van der Waals surface area contributed by atoms with Crippen LogP contribution in [0.3, 0.4) is 0 Å². The van der Waals surface area contributed by atoms with Crippen molar-refractivity contribution >= 4 is 0 Å². The number of hydrogen-bond acceptors (Lipinski definition) is 3. The van der Waals surface area contributed by atoms with Crippen LogP contribution < -0.4 is 5.32 Å². The van der Waals surface area contributed by atoms with Crippen LogP contribution in [0.2, 0.25) is 0 Å². The maximum absolute atomic E-state index is 4.07. The first kappa shape index (κ1) is 8.69. The largest absolute Gasteiger partial charge is 0.316 e. The molecule has 1 fully saturated rings. The topological polar surface area (TPSA) is 42.7 Å². The number of hydrogen-bond donors (Lipinski definition) is 1. The van der Waals surface area contributed by atoms with Gasteiger partial charge < -0.3 is 5.32 Å². The quantitative estimate of drug-likeness (QED) is 0.740. The van der Waals surface area contributed by atoms with Gasteiger partial charge in [-0.2, -0.15) is 5.10 Å². The van der Waals surface area contributed by atoms with Crippen molar-refractivity contribution in [3.05, 3.63) is 12.7 Å². The summed E-state index contributed by atoms with van der Waals surface area (Å²) in [4.78, 5) is 3.91. The molecule has 1 unspecified atom stereocenters. The fraction of sp³-hybridized carbons (Fsp3) is 0.778. The van der Waals surface area contributed by atoms with Gasteiger partial charge in [0.25, 0.3) is 0 Å². The Morgan fingerprint density at radius 3 is 3.23 bits per heavy atom. The van der Waals surface area contributed by atoms with Crippen LogP contribution in [0.1, 0.15) is 19.3 Å². The second kappa shape index (κ2) is 4.37. The zero-order valence-corrected chi connectivity index (χ0v) is 7.82.